The molecule has 0 unspecified atom stereocenters. The molecule has 0 aliphatic carbocycles. The lowest BCUT2D eigenvalue weighted by atomic mass is 10.3. The molecule has 0 aliphatic heterocycles. The molecule has 0 aromatic heterocycles. The van der Waals surface area contributed by atoms with E-state index in [1.165, 1.54) is 0 Å². The number of hydrogen-bond acceptors (Lipinski definition) is 1. The summed E-state index contributed by atoms with van der Waals surface area (Å²) in [7, 11) is 0. The fourth-order valence-electron chi connectivity index (χ4n) is 0.435. The first kappa shape index (κ1) is 8.57. The van der Waals surface area contributed by atoms with Gasteiger partial charge in [0.15, 0.2) is 0 Å². The Bertz CT molecular complexity index is 136. The van der Waals surface area contributed by atoms with Crippen molar-refractivity contribution in [3.8, 4) is 0 Å². The normalized spacial score (nSPS) is 14.1. The van der Waals surface area contributed by atoms with Crippen LogP contribution in [-0.2, 0) is 0 Å². The zero-order valence-corrected chi connectivity index (χ0v) is 6.57. The quantitative estimate of drug-likeness (QED) is 0.594. The number of halogens is 1. The summed E-state index contributed by atoms with van der Waals surface area (Å²) in [5.41, 5.74) is 6.11. The van der Waals surface area contributed by atoms with Crippen molar-refractivity contribution < 1.29 is 0 Å². The summed E-state index contributed by atoms with van der Waals surface area (Å²) in [6.45, 7) is 3.88. The van der Waals surface area contributed by atoms with Crippen molar-refractivity contribution in [2.24, 2.45) is 5.73 Å². The molecule has 9 heavy (non-hydrogen) atoms. The van der Waals surface area contributed by atoms with Gasteiger partial charge in [0, 0.05) is 5.70 Å². The minimum atomic E-state index is 0.651. The SMILES string of the molecule is C/C=C(N)\C(Cl)=C/CC. The van der Waals surface area contributed by atoms with Crippen LogP contribution in [0.15, 0.2) is 22.9 Å². The number of allylic oxidation sites excluding steroid dienone is 3. The Balaban J connectivity index is 4.03. The molecule has 0 aromatic carbocycles. The molecular weight excluding hydrogens is 134 g/mol. The number of nitrogens with two attached hydrogens (primary N) is 1. The van der Waals surface area contributed by atoms with Crippen LogP contribution >= 0.6 is 11.6 Å². The zero-order valence-electron chi connectivity index (χ0n) is 5.82. The molecule has 0 spiro atoms. The van der Waals surface area contributed by atoms with Gasteiger partial charge in [0.25, 0.3) is 0 Å². The topological polar surface area (TPSA) is 26.0 Å². The van der Waals surface area contributed by atoms with Gasteiger partial charge in [-0.2, -0.15) is 0 Å². The van der Waals surface area contributed by atoms with Gasteiger partial charge in [0.2, 0.25) is 0 Å². The van der Waals surface area contributed by atoms with E-state index in [0.29, 0.717) is 10.7 Å². The fraction of sp³-hybridized carbons (Fsp3) is 0.429. The first-order valence-electron chi connectivity index (χ1n) is 3.00. The molecule has 2 heteroatoms. The summed E-state index contributed by atoms with van der Waals surface area (Å²) in [5, 5.41) is 0.653. The second-order valence-electron chi connectivity index (χ2n) is 1.70. The minimum Gasteiger partial charge on any atom is -0.398 e. The van der Waals surface area contributed by atoms with Crippen molar-refractivity contribution in [1.29, 1.82) is 0 Å². The summed E-state index contributed by atoms with van der Waals surface area (Å²) in [4.78, 5) is 0. The van der Waals surface area contributed by atoms with Gasteiger partial charge in [-0.1, -0.05) is 30.7 Å². The summed E-state index contributed by atoms with van der Waals surface area (Å²) in [6, 6.07) is 0. The highest BCUT2D eigenvalue weighted by Gasteiger charge is 1.90. The van der Waals surface area contributed by atoms with Crippen LogP contribution in [0.2, 0.25) is 0 Å². The second kappa shape index (κ2) is 4.45. The second-order valence-corrected chi connectivity index (χ2v) is 2.11. The smallest absolute Gasteiger partial charge is 0.0592 e. The van der Waals surface area contributed by atoms with Gasteiger partial charge >= 0.3 is 0 Å². The highest BCUT2D eigenvalue weighted by molar-refractivity contribution is 6.31. The van der Waals surface area contributed by atoms with E-state index in [1.807, 2.05) is 19.9 Å². The highest BCUT2D eigenvalue weighted by atomic mass is 35.5. The van der Waals surface area contributed by atoms with Crippen molar-refractivity contribution in [2.75, 3.05) is 0 Å². The summed E-state index contributed by atoms with van der Waals surface area (Å²) in [6.07, 6.45) is 4.60. The lowest BCUT2D eigenvalue weighted by Gasteiger charge is -1.94. The van der Waals surface area contributed by atoms with Crippen LogP contribution < -0.4 is 5.73 Å². The molecule has 2 N–H and O–H groups in total. The van der Waals surface area contributed by atoms with Gasteiger partial charge in [-0.25, -0.2) is 0 Å². The predicted molar refractivity (Wildman–Crippen MR) is 42.2 cm³/mol. The molecule has 0 saturated carbocycles. The molecule has 1 nitrogen and oxygen atoms in total. The molecule has 0 radical (unpaired) electrons. The first-order valence-corrected chi connectivity index (χ1v) is 3.38. The van der Waals surface area contributed by atoms with Crippen LogP contribution in [0.3, 0.4) is 0 Å². The van der Waals surface area contributed by atoms with Crippen LogP contribution in [0.1, 0.15) is 20.3 Å². The molecule has 0 bridgehead atoms. The summed E-state index contributed by atoms with van der Waals surface area (Å²) >= 11 is 5.70. The van der Waals surface area contributed by atoms with Crippen molar-refractivity contribution in [1.82, 2.24) is 0 Å². The van der Waals surface area contributed by atoms with Crippen LogP contribution in [0, 0.1) is 0 Å². The summed E-state index contributed by atoms with van der Waals surface area (Å²) in [5.74, 6) is 0. The van der Waals surface area contributed by atoms with Crippen LogP contribution in [0.5, 0.6) is 0 Å². The Kier molecular flexibility index (Phi) is 4.24. The number of hydrogen-bond donors (Lipinski definition) is 1. The van der Waals surface area contributed by atoms with E-state index >= 15 is 0 Å². The van der Waals surface area contributed by atoms with E-state index < -0.39 is 0 Å². The highest BCUT2D eigenvalue weighted by Crippen LogP contribution is 2.09. The molecule has 0 rings (SSSR count). The Hall–Kier alpha value is -0.430. The van der Waals surface area contributed by atoms with Gasteiger partial charge in [-0.05, 0) is 13.3 Å². The largest absolute Gasteiger partial charge is 0.398 e. The Morgan fingerprint density at radius 1 is 1.67 bits per heavy atom. The molecule has 0 aliphatic rings. The van der Waals surface area contributed by atoms with Crippen LogP contribution in [0.4, 0.5) is 0 Å². The molecule has 52 valence electrons. The lowest BCUT2D eigenvalue weighted by Crippen LogP contribution is -1.95. The Labute approximate surface area is 61.2 Å². The summed E-state index contributed by atoms with van der Waals surface area (Å²) < 4.78 is 0. The molecule has 0 heterocycles. The van der Waals surface area contributed by atoms with E-state index in [0.717, 1.165) is 6.42 Å². The Morgan fingerprint density at radius 3 is 2.56 bits per heavy atom. The van der Waals surface area contributed by atoms with E-state index in [-0.39, 0.29) is 0 Å². The van der Waals surface area contributed by atoms with E-state index in [9.17, 15) is 0 Å². The fourth-order valence-corrected chi connectivity index (χ4v) is 0.698. The van der Waals surface area contributed by atoms with E-state index in [1.54, 1.807) is 6.08 Å². The standard InChI is InChI=1S/C7H12ClN/c1-3-5-6(8)7(9)4-2/h4-5H,3,9H2,1-2H3/b6-5+,7-4+. The third kappa shape index (κ3) is 3.20. The number of rotatable bonds is 2. The monoisotopic (exact) mass is 145 g/mol. The molecule has 0 amide bonds. The Morgan fingerprint density at radius 2 is 2.22 bits per heavy atom. The zero-order chi connectivity index (χ0) is 7.28. The van der Waals surface area contributed by atoms with Crippen LogP contribution in [-0.4, -0.2) is 0 Å². The average Bonchev–Trinajstić information content (AvgIpc) is 1.87. The maximum atomic E-state index is 5.70. The lowest BCUT2D eigenvalue weighted by molar-refractivity contribution is 1.20. The van der Waals surface area contributed by atoms with Crippen molar-refractivity contribution in [2.45, 2.75) is 20.3 Å². The van der Waals surface area contributed by atoms with Gasteiger partial charge < -0.3 is 5.73 Å². The first-order chi connectivity index (χ1) is 4.22. The molecule has 0 fully saturated rings. The van der Waals surface area contributed by atoms with Gasteiger partial charge in [0.1, 0.15) is 0 Å². The van der Waals surface area contributed by atoms with Crippen molar-refractivity contribution in [3.63, 3.8) is 0 Å². The van der Waals surface area contributed by atoms with Gasteiger partial charge in [0.05, 0.1) is 5.03 Å². The van der Waals surface area contributed by atoms with Crippen LogP contribution in [0.25, 0.3) is 0 Å². The average molecular weight is 146 g/mol. The van der Waals surface area contributed by atoms with E-state index in [4.69, 9.17) is 17.3 Å². The molecule has 0 aromatic rings. The maximum Gasteiger partial charge on any atom is 0.0592 e. The third-order valence-corrected chi connectivity index (χ3v) is 1.34. The molecule has 0 atom stereocenters. The third-order valence-electron chi connectivity index (χ3n) is 0.970. The molecular formula is C7H12ClN. The maximum absolute atomic E-state index is 5.70. The molecule has 0 saturated heterocycles. The van der Waals surface area contributed by atoms with Gasteiger partial charge in [-0.3, -0.25) is 0 Å². The minimum absolute atomic E-state index is 0.651. The predicted octanol–water partition coefficient (Wildman–Crippen LogP) is 2.38. The van der Waals surface area contributed by atoms with Gasteiger partial charge in [-0.15, -0.1) is 0 Å². The van der Waals surface area contributed by atoms with Crippen molar-refractivity contribution in [3.05, 3.63) is 22.9 Å². The van der Waals surface area contributed by atoms with E-state index in [2.05, 4.69) is 0 Å². The van der Waals surface area contributed by atoms with Crippen molar-refractivity contribution >= 4 is 11.6 Å².